The maximum atomic E-state index is 12.0. The van der Waals surface area contributed by atoms with Crippen molar-refractivity contribution >= 4 is 17.2 Å². The molecule has 1 saturated heterocycles. The highest BCUT2D eigenvalue weighted by atomic mass is 32.1. The number of carbonyl (C=O) groups is 1. The number of thiophene rings is 1. The number of carbonyl (C=O) groups excluding carboxylic acids is 1. The molecule has 0 saturated carbocycles. The molecule has 0 spiro atoms. The van der Waals surface area contributed by atoms with E-state index in [0.717, 1.165) is 25.9 Å². The number of hydrogen-bond donors (Lipinski definition) is 2. The minimum atomic E-state index is 0.0956. The summed E-state index contributed by atoms with van der Waals surface area (Å²) in [4.78, 5) is 16.7. The normalized spacial score (nSPS) is 19.3. The molecule has 2 heterocycles. The summed E-state index contributed by atoms with van der Waals surface area (Å²) in [6, 6.07) is 4.59. The van der Waals surface area contributed by atoms with Gasteiger partial charge in [0.15, 0.2) is 0 Å². The Morgan fingerprint density at radius 3 is 2.79 bits per heavy atom. The highest BCUT2D eigenvalue weighted by Gasteiger charge is 2.19. The van der Waals surface area contributed by atoms with Crippen LogP contribution in [0.2, 0.25) is 0 Å². The van der Waals surface area contributed by atoms with Crippen molar-refractivity contribution in [2.24, 2.45) is 5.73 Å². The Balaban J connectivity index is 1.78. The van der Waals surface area contributed by atoms with Gasteiger partial charge in [0.05, 0.1) is 12.6 Å². The predicted octanol–water partition coefficient (Wildman–Crippen LogP) is 1.66. The van der Waals surface area contributed by atoms with Gasteiger partial charge in [0.1, 0.15) is 0 Å². The van der Waals surface area contributed by atoms with Gasteiger partial charge in [0.2, 0.25) is 5.91 Å². The lowest BCUT2D eigenvalue weighted by molar-refractivity contribution is -0.123. The van der Waals surface area contributed by atoms with Crippen LogP contribution in [-0.2, 0) is 4.79 Å². The Bertz CT molecular complexity index is 424. The Morgan fingerprint density at radius 1 is 1.53 bits per heavy atom. The number of nitrogens with two attached hydrogens (primary N) is 1. The molecule has 5 heteroatoms. The summed E-state index contributed by atoms with van der Waals surface area (Å²) < 4.78 is 0. The summed E-state index contributed by atoms with van der Waals surface area (Å²) in [5, 5.41) is 3.07. The molecule has 1 aromatic rings. The van der Waals surface area contributed by atoms with E-state index in [1.165, 1.54) is 9.75 Å². The maximum absolute atomic E-state index is 12.0. The standard InChI is InChI=1S/C14H23N3OS/c1-10-3-4-13(19-10)11(2)16-14(18)9-17-7-5-12(15)6-8-17/h3-4,11-12H,5-9,15H2,1-2H3,(H,16,18). The fraction of sp³-hybridized carbons (Fsp3) is 0.643. The van der Waals surface area contributed by atoms with Gasteiger partial charge in [-0.1, -0.05) is 0 Å². The lowest BCUT2D eigenvalue weighted by Crippen LogP contribution is -2.44. The zero-order valence-electron chi connectivity index (χ0n) is 11.7. The molecular formula is C14H23N3OS. The van der Waals surface area contributed by atoms with E-state index in [1.807, 2.05) is 6.92 Å². The molecule has 106 valence electrons. The monoisotopic (exact) mass is 281 g/mol. The van der Waals surface area contributed by atoms with Crippen molar-refractivity contribution in [3.05, 3.63) is 21.9 Å². The van der Waals surface area contributed by atoms with Crippen molar-refractivity contribution in [3.8, 4) is 0 Å². The molecule has 1 amide bonds. The zero-order valence-corrected chi connectivity index (χ0v) is 12.5. The summed E-state index contributed by atoms with van der Waals surface area (Å²) >= 11 is 1.74. The second-order valence-corrected chi connectivity index (χ2v) is 6.67. The fourth-order valence-corrected chi connectivity index (χ4v) is 3.24. The van der Waals surface area contributed by atoms with Gasteiger partial charge in [-0.25, -0.2) is 0 Å². The molecule has 1 aromatic heterocycles. The third-order valence-electron chi connectivity index (χ3n) is 3.56. The quantitative estimate of drug-likeness (QED) is 0.882. The Hall–Kier alpha value is -0.910. The third kappa shape index (κ3) is 4.30. The van der Waals surface area contributed by atoms with Crippen LogP contribution < -0.4 is 11.1 Å². The second-order valence-electron chi connectivity index (χ2n) is 5.35. The van der Waals surface area contributed by atoms with Gasteiger partial charge >= 0.3 is 0 Å². The summed E-state index contributed by atoms with van der Waals surface area (Å²) in [6.45, 7) is 6.47. The topological polar surface area (TPSA) is 58.4 Å². The third-order valence-corrected chi connectivity index (χ3v) is 4.75. The Labute approximate surface area is 119 Å². The van der Waals surface area contributed by atoms with Gasteiger partial charge < -0.3 is 11.1 Å². The SMILES string of the molecule is Cc1ccc(C(C)NC(=O)CN2CCC(N)CC2)s1. The number of rotatable bonds is 4. The summed E-state index contributed by atoms with van der Waals surface area (Å²) in [7, 11) is 0. The summed E-state index contributed by atoms with van der Waals surface area (Å²) in [6.07, 6.45) is 1.99. The number of amides is 1. The predicted molar refractivity (Wildman–Crippen MR) is 79.3 cm³/mol. The van der Waals surface area contributed by atoms with Crippen molar-refractivity contribution in [1.82, 2.24) is 10.2 Å². The first-order valence-corrected chi connectivity index (χ1v) is 7.70. The van der Waals surface area contributed by atoms with Crippen LogP contribution >= 0.6 is 11.3 Å². The van der Waals surface area contributed by atoms with Crippen LogP contribution in [0.3, 0.4) is 0 Å². The lowest BCUT2D eigenvalue weighted by Gasteiger charge is -2.29. The molecule has 0 radical (unpaired) electrons. The maximum Gasteiger partial charge on any atom is 0.234 e. The Kier molecular flexibility index (Phi) is 4.96. The molecule has 1 unspecified atom stereocenters. The van der Waals surface area contributed by atoms with E-state index in [2.05, 4.69) is 29.3 Å². The summed E-state index contributed by atoms with van der Waals surface area (Å²) in [5.41, 5.74) is 5.86. The van der Waals surface area contributed by atoms with Gasteiger partial charge in [-0.05, 0) is 38.8 Å². The fourth-order valence-electron chi connectivity index (χ4n) is 2.36. The van der Waals surface area contributed by atoms with Crippen molar-refractivity contribution in [2.75, 3.05) is 19.6 Å². The number of likely N-dealkylation sites (tertiary alicyclic amines) is 1. The second kappa shape index (κ2) is 6.50. The number of aryl methyl sites for hydroxylation is 1. The van der Waals surface area contributed by atoms with Crippen molar-refractivity contribution in [2.45, 2.75) is 38.8 Å². The van der Waals surface area contributed by atoms with E-state index in [9.17, 15) is 4.79 Å². The Morgan fingerprint density at radius 2 is 2.21 bits per heavy atom. The lowest BCUT2D eigenvalue weighted by atomic mass is 10.1. The highest BCUT2D eigenvalue weighted by Crippen LogP contribution is 2.22. The number of nitrogens with one attached hydrogen (secondary N) is 1. The van der Waals surface area contributed by atoms with Crippen LogP contribution in [0, 0.1) is 6.92 Å². The van der Waals surface area contributed by atoms with E-state index in [1.54, 1.807) is 11.3 Å². The number of piperidine rings is 1. The van der Waals surface area contributed by atoms with Crippen LogP contribution in [0.5, 0.6) is 0 Å². The van der Waals surface area contributed by atoms with Gasteiger partial charge in [0, 0.05) is 28.9 Å². The first-order chi connectivity index (χ1) is 9.04. The first kappa shape index (κ1) is 14.5. The summed E-state index contributed by atoms with van der Waals surface area (Å²) in [5.74, 6) is 0.106. The molecule has 0 bridgehead atoms. The minimum Gasteiger partial charge on any atom is -0.348 e. The molecule has 0 aromatic carbocycles. The minimum absolute atomic E-state index is 0.0956. The number of hydrogen-bond acceptors (Lipinski definition) is 4. The van der Waals surface area contributed by atoms with Gasteiger partial charge in [-0.15, -0.1) is 11.3 Å². The molecular weight excluding hydrogens is 258 g/mol. The van der Waals surface area contributed by atoms with Gasteiger partial charge in [-0.3, -0.25) is 9.69 Å². The van der Waals surface area contributed by atoms with E-state index in [0.29, 0.717) is 12.6 Å². The molecule has 3 N–H and O–H groups in total. The number of nitrogens with zero attached hydrogens (tertiary/aromatic N) is 1. The average molecular weight is 281 g/mol. The largest absolute Gasteiger partial charge is 0.348 e. The zero-order chi connectivity index (χ0) is 13.8. The van der Waals surface area contributed by atoms with Gasteiger partial charge in [-0.2, -0.15) is 0 Å². The van der Waals surface area contributed by atoms with Gasteiger partial charge in [0.25, 0.3) is 0 Å². The van der Waals surface area contributed by atoms with Crippen LogP contribution in [0.1, 0.15) is 35.6 Å². The molecule has 19 heavy (non-hydrogen) atoms. The highest BCUT2D eigenvalue weighted by molar-refractivity contribution is 7.12. The average Bonchev–Trinajstić information content (AvgIpc) is 2.79. The van der Waals surface area contributed by atoms with Crippen LogP contribution in [0.25, 0.3) is 0 Å². The molecule has 0 aliphatic carbocycles. The van der Waals surface area contributed by atoms with E-state index in [-0.39, 0.29) is 11.9 Å². The first-order valence-electron chi connectivity index (χ1n) is 6.88. The van der Waals surface area contributed by atoms with Crippen LogP contribution in [0.4, 0.5) is 0 Å². The van der Waals surface area contributed by atoms with E-state index in [4.69, 9.17) is 5.73 Å². The molecule has 1 aliphatic rings. The van der Waals surface area contributed by atoms with E-state index >= 15 is 0 Å². The van der Waals surface area contributed by atoms with Crippen LogP contribution in [-0.4, -0.2) is 36.5 Å². The van der Waals surface area contributed by atoms with Crippen molar-refractivity contribution in [1.29, 1.82) is 0 Å². The molecule has 1 fully saturated rings. The molecule has 2 rings (SSSR count). The van der Waals surface area contributed by atoms with Crippen molar-refractivity contribution < 1.29 is 4.79 Å². The van der Waals surface area contributed by atoms with Crippen LogP contribution in [0.15, 0.2) is 12.1 Å². The molecule has 4 nitrogen and oxygen atoms in total. The molecule has 1 aliphatic heterocycles. The molecule has 1 atom stereocenters. The van der Waals surface area contributed by atoms with Crippen molar-refractivity contribution in [3.63, 3.8) is 0 Å². The smallest absolute Gasteiger partial charge is 0.234 e. The van der Waals surface area contributed by atoms with E-state index < -0.39 is 0 Å².